The number of anilines is 1. The molecule has 0 unspecified atom stereocenters. The van der Waals surface area contributed by atoms with Crippen molar-refractivity contribution in [1.29, 1.82) is 0 Å². The Hall–Kier alpha value is -1.16. The lowest BCUT2D eigenvalue weighted by Gasteiger charge is -2.03. The van der Waals surface area contributed by atoms with E-state index in [1.165, 1.54) is 25.2 Å². The van der Waals surface area contributed by atoms with Crippen LogP contribution in [0.15, 0.2) is 0 Å². The number of ketones is 2. The summed E-state index contributed by atoms with van der Waals surface area (Å²) in [5.74, 6) is 0.0365. The van der Waals surface area contributed by atoms with E-state index in [4.69, 9.17) is 0 Å². The molecule has 0 aliphatic heterocycles. The van der Waals surface area contributed by atoms with Gasteiger partial charge in [-0.15, -0.1) is 11.3 Å². The quantitative estimate of drug-likeness (QED) is 0.802. The number of nitrogens with one attached hydrogen (secondary N) is 1. The average Bonchev–Trinajstić information content (AvgIpc) is 2.52. The molecule has 0 amide bonds. The lowest BCUT2D eigenvalue weighted by atomic mass is 10.1. The van der Waals surface area contributed by atoms with E-state index in [0.29, 0.717) is 10.4 Å². The molecule has 0 atom stereocenters. The molecule has 0 aromatic carbocycles. The van der Waals surface area contributed by atoms with E-state index in [1.807, 2.05) is 6.92 Å². The van der Waals surface area contributed by atoms with Crippen LogP contribution in [0.4, 0.5) is 5.00 Å². The minimum Gasteiger partial charge on any atom is -0.376 e. The van der Waals surface area contributed by atoms with Crippen LogP contribution in [0.2, 0.25) is 0 Å². The van der Waals surface area contributed by atoms with Crippen LogP contribution in [0.25, 0.3) is 0 Å². The van der Waals surface area contributed by atoms with Crippen molar-refractivity contribution < 1.29 is 9.59 Å². The summed E-state index contributed by atoms with van der Waals surface area (Å²) in [4.78, 5) is 23.6. The van der Waals surface area contributed by atoms with Crippen molar-refractivity contribution in [2.45, 2.75) is 34.1 Å². The number of hydrogen-bond donors (Lipinski definition) is 1. The van der Waals surface area contributed by atoms with E-state index >= 15 is 0 Å². The molecule has 1 rings (SSSR count). The van der Waals surface area contributed by atoms with Crippen molar-refractivity contribution in [1.82, 2.24) is 0 Å². The third kappa shape index (κ3) is 2.50. The molecule has 1 aromatic rings. The van der Waals surface area contributed by atoms with E-state index < -0.39 is 0 Å². The van der Waals surface area contributed by atoms with Crippen molar-refractivity contribution in [2.24, 2.45) is 0 Å². The first-order valence-corrected chi connectivity index (χ1v) is 6.19. The maximum atomic E-state index is 11.5. The summed E-state index contributed by atoms with van der Waals surface area (Å²) in [6, 6.07) is 0. The minimum atomic E-state index is 0.0138. The molecule has 1 N–H and O–H groups in total. The maximum Gasteiger partial charge on any atom is 0.170 e. The highest BCUT2D eigenvalue weighted by Gasteiger charge is 2.20. The monoisotopic (exact) mass is 239 g/mol. The number of Topliss-reactive ketones (excluding diaryl/α,β-unsaturated/α-hetero) is 2. The molecule has 0 bridgehead atoms. The molecule has 0 aliphatic rings. The second kappa shape index (κ2) is 5.25. The second-order valence-corrected chi connectivity index (χ2v) is 4.82. The zero-order valence-electron chi connectivity index (χ0n) is 10.1. The highest BCUT2D eigenvalue weighted by molar-refractivity contribution is 7.18. The molecule has 88 valence electrons. The lowest BCUT2D eigenvalue weighted by Crippen LogP contribution is -2.03. The number of hydrogen-bond acceptors (Lipinski definition) is 4. The molecular formula is C12H17NO2S. The van der Waals surface area contributed by atoms with Gasteiger partial charge in [0.05, 0.1) is 10.4 Å². The fraction of sp³-hybridized carbons (Fsp3) is 0.500. The predicted octanol–water partition coefficient (Wildman–Crippen LogP) is 3.28. The first-order valence-electron chi connectivity index (χ1n) is 5.38. The van der Waals surface area contributed by atoms with E-state index in [1.54, 1.807) is 0 Å². The minimum absolute atomic E-state index is 0.0138. The predicted molar refractivity (Wildman–Crippen MR) is 67.8 cm³/mol. The molecule has 0 saturated heterocycles. The van der Waals surface area contributed by atoms with Gasteiger partial charge in [0, 0.05) is 6.54 Å². The Morgan fingerprint density at radius 2 is 1.88 bits per heavy atom. The van der Waals surface area contributed by atoms with Gasteiger partial charge in [-0.2, -0.15) is 0 Å². The van der Waals surface area contributed by atoms with Gasteiger partial charge >= 0.3 is 0 Å². The van der Waals surface area contributed by atoms with Crippen molar-refractivity contribution in [2.75, 3.05) is 11.9 Å². The summed E-state index contributed by atoms with van der Waals surface area (Å²) in [6.45, 7) is 7.79. The van der Waals surface area contributed by atoms with Gasteiger partial charge in [0.25, 0.3) is 0 Å². The largest absolute Gasteiger partial charge is 0.376 e. The first kappa shape index (κ1) is 12.9. The summed E-state index contributed by atoms with van der Waals surface area (Å²) in [5, 5.41) is 4.04. The van der Waals surface area contributed by atoms with E-state index in [-0.39, 0.29) is 11.6 Å². The smallest absolute Gasteiger partial charge is 0.170 e. The van der Waals surface area contributed by atoms with Gasteiger partial charge in [0.15, 0.2) is 11.6 Å². The highest BCUT2D eigenvalue weighted by atomic mass is 32.1. The number of carbonyl (C=O) groups excluding carboxylic acids is 2. The Labute approximate surface area is 99.9 Å². The van der Waals surface area contributed by atoms with Crippen LogP contribution in [-0.4, -0.2) is 18.1 Å². The molecule has 1 aromatic heterocycles. The van der Waals surface area contributed by atoms with Gasteiger partial charge < -0.3 is 5.32 Å². The van der Waals surface area contributed by atoms with Crippen molar-refractivity contribution in [3.63, 3.8) is 0 Å². The second-order valence-electron chi connectivity index (χ2n) is 3.80. The molecule has 4 heteroatoms. The number of carbonyl (C=O) groups is 2. The SMILES string of the molecule is CCCNc1sc(C(C)=O)c(C)c1C(C)=O. The van der Waals surface area contributed by atoms with Crippen LogP contribution < -0.4 is 5.32 Å². The molecule has 0 saturated carbocycles. The summed E-state index contributed by atoms with van der Waals surface area (Å²) in [7, 11) is 0. The average molecular weight is 239 g/mol. The molecule has 1 heterocycles. The van der Waals surface area contributed by atoms with Crippen LogP contribution in [0.1, 0.15) is 52.8 Å². The van der Waals surface area contributed by atoms with E-state index in [9.17, 15) is 9.59 Å². The third-order valence-electron chi connectivity index (χ3n) is 2.35. The topological polar surface area (TPSA) is 46.2 Å². The summed E-state index contributed by atoms with van der Waals surface area (Å²) >= 11 is 1.38. The summed E-state index contributed by atoms with van der Waals surface area (Å²) in [6.07, 6.45) is 0.990. The maximum absolute atomic E-state index is 11.5. The van der Waals surface area contributed by atoms with Crippen molar-refractivity contribution >= 4 is 27.9 Å². The number of rotatable bonds is 5. The zero-order valence-corrected chi connectivity index (χ0v) is 11.0. The standard InChI is InChI=1S/C12H17NO2S/c1-5-6-13-12-10(8(3)14)7(2)11(16-12)9(4)15/h13H,5-6H2,1-4H3. The Bertz CT molecular complexity index is 421. The summed E-state index contributed by atoms with van der Waals surface area (Å²) < 4.78 is 0. The fourth-order valence-corrected chi connectivity index (χ4v) is 2.81. The van der Waals surface area contributed by atoms with E-state index in [0.717, 1.165) is 23.5 Å². The van der Waals surface area contributed by atoms with Gasteiger partial charge in [0.2, 0.25) is 0 Å². The highest BCUT2D eigenvalue weighted by Crippen LogP contribution is 2.33. The van der Waals surface area contributed by atoms with Gasteiger partial charge in [0.1, 0.15) is 5.00 Å². The third-order valence-corrected chi connectivity index (χ3v) is 3.70. The normalized spacial score (nSPS) is 10.2. The van der Waals surface area contributed by atoms with Crippen LogP contribution in [-0.2, 0) is 0 Å². The Balaban J connectivity index is 3.20. The molecule has 0 aliphatic carbocycles. The molecule has 0 spiro atoms. The Morgan fingerprint density at radius 3 is 2.31 bits per heavy atom. The van der Waals surface area contributed by atoms with Crippen molar-refractivity contribution in [3.8, 4) is 0 Å². The van der Waals surface area contributed by atoms with Crippen LogP contribution >= 0.6 is 11.3 Å². The van der Waals surface area contributed by atoms with Gasteiger partial charge in [-0.3, -0.25) is 9.59 Å². The fourth-order valence-electron chi connectivity index (χ4n) is 1.64. The van der Waals surface area contributed by atoms with Crippen molar-refractivity contribution in [3.05, 3.63) is 16.0 Å². The zero-order chi connectivity index (χ0) is 12.3. The first-order chi connectivity index (χ1) is 7.49. The van der Waals surface area contributed by atoms with Gasteiger partial charge in [-0.05, 0) is 32.8 Å². The summed E-state index contributed by atoms with van der Waals surface area (Å²) in [5.41, 5.74) is 1.48. The molecule has 16 heavy (non-hydrogen) atoms. The van der Waals surface area contributed by atoms with E-state index in [2.05, 4.69) is 12.2 Å². The van der Waals surface area contributed by atoms with Crippen LogP contribution in [0.5, 0.6) is 0 Å². The molecule has 0 fully saturated rings. The molecule has 3 nitrogen and oxygen atoms in total. The Kier molecular flexibility index (Phi) is 4.24. The van der Waals surface area contributed by atoms with Gasteiger partial charge in [-0.25, -0.2) is 0 Å². The lowest BCUT2D eigenvalue weighted by molar-refractivity contribution is 0.101. The molecule has 0 radical (unpaired) electrons. The van der Waals surface area contributed by atoms with Gasteiger partial charge in [-0.1, -0.05) is 6.92 Å². The van der Waals surface area contributed by atoms with Crippen LogP contribution in [0, 0.1) is 6.92 Å². The van der Waals surface area contributed by atoms with Crippen LogP contribution in [0.3, 0.4) is 0 Å². The number of thiophene rings is 1. The Morgan fingerprint density at radius 1 is 1.25 bits per heavy atom. The molecular weight excluding hydrogens is 222 g/mol.